The standard InChI is InChI=1S/C21H23N7O/c1-11(22)12-6-7-16(24-10-12)13-8-14(9-13)19-26-20-15-4-3-5-17(29-2)18(15)25-21(23)28(20)27-19/h3-7,10-11,13-14H,8-9,22H2,1-2H3,(H2,23,25)/t11?,13-,14+. The van der Waals surface area contributed by atoms with Gasteiger partial charge in [-0.15, -0.1) is 5.10 Å². The summed E-state index contributed by atoms with van der Waals surface area (Å²) in [5.74, 6) is 2.49. The third-order valence-electron chi connectivity index (χ3n) is 5.78. The summed E-state index contributed by atoms with van der Waals surface area (Å²) in [5.41, 5.74) is 15.6. The van der Waals surface area contributed by atoms with Crippen molar-refractivity contribution < 1.29 is 4.74 Å². The molecular formula is C21H23N7O. The molecule has 1 saturated carbocycles. The van der Waals surface area contributed by atoms with Gasteiger partial charge in [0, 0.05) is 35.2 Å². The number of hydrogen-bond acceptors (Lipinski definition) is 7. The number of aromatic nitrogens is 5. The van der Waals surface area contributed by atoms with Crippen LogP contribution in [0.5, 0.6) is 5.75 Å². The summed E-state index contributed by atoms with van der Waals surface area (Å²) in [6, 6.07) is 9.90. The van der Waals surface area contributed by atoms with Gasteiger partial charge in [0.2, 0.25) is 5.95 Å². The van der Waals surface area contributed by atoms with Gasteiger partial charge >= 0.3 is 0 Å². The quantitative estimate of drug-likeness (QED) is 0.551. The van der Waals surface area contributed by atoms with Crippen molar-refractivity contribution in [2.45, 2.75) is 37.6 Å². The number of rotatable bonds is 4. The first kappa shape index (κ1) is 17.8. The number of nitrogens with zero attached hydrogens (tertiary/aromatic N) is 5. The Labute approximate surface area is 167 Å². The molecule has 0 saturated heterocycles. The van der Waals surface area contributed by atoms with E-state index in [1.54, 1.807) is 11.6 Å². The molecule has 1 atom stereocenters. The van der Waals surface area contributed by atoms with Gasteiger partial charge in [0.15, 0.2) is 11.5 Å². The maximum absolute atomic E-state index is 6.15. The smallest absolute Gasteiger partial charge is 0.223 e. The lowest BCUT2D eigenvalue weighted by atomic mass is 9.72. The van der Waals surface area contributed by atoms with Crippen molar-refractivity contribution in [1.82, 2.24) is 24.6 Å². The van der Waals surface area contributed by atoms with Crippen molar-refractivity contribution in [2.24, 2.45) is 5.73 Å². The van der Waals surface area contributed by atoms with E-state index in [1.807, 2.05) is 31.3 Å². The fourth-order valence-electron chi connectivity index (χ4n) is 3.98. The van der Waals surface area contributed by atoms with Crippen LogP contribution in [0.3, 0.4) is 0 Å². The maximum atomic E-state index is 6.15. The van der Waals surface area contributed by atoms with Crippen molar-refractivity contribution in [3.05, 3.63) is 53.6 Å². The minimum atomic E-state index is 0.000349. The number of ether oxygens (including phenoxy) is 1. The van der Waals surface area contributed by atoms with Crippen LogP contribution < -0.4 is 16.2 Å². The first-order valence-electron chi connectivity index (χ1n) is 9.75. The topological polar surface area (TPSA) is 117 Å². The molecule has 148 valence electrons. The Morgan fingerprint density at radius 2 is 1.97 bits per heavy atom. The van der Waals surface area contributed by atoms with Crippen molar-refractivity contribution in [2.75, 3.05) is 12.8 Å². The van der Waals surface area contributed by atoms with E-state index in [1.165, 1.54) is 0 Å². The molecule has 5 rings (SSSR count). The number of benzene rings is 1. The highest BCUT2D eigenvalue weighted by Crippen LogP contribution is 2.46. The molecule has 0 radical (unpaired) electrons. The van der Waals surface area contributed by atoms with Crippen LogP contribution in [0.25, 0.3) is 16.6 Å². The lowest BCUT2D eigenvalue weighted by Gasteiger charge is -2.33. The summed E-state index contributed by atoms with van der Waals surface area (Å²) < 4.78 is 7.04. The second-order valence-electron chi connectivity index (χ2n) is 7.70. The van der Waals surface area contributed by atoms with Crippen LogP contribution in [-0.2, 0) is 0 Å². The highest BCUT2D eigenvalue weighted by Gasteiger charge is 2.35. The van der Waals surface area contributed by atoms with Gasteiger partial charge < -0.3 is 16.2 Å². The summed E-state index contributed by atoms with van der Waals surface area (Å²) >= 11 is 0. The van der Waals surface area contributed by atoms with E-state index in [0.717, 1.165) is 35.3 Å². The monoisotopic (exact) mass is 389 g/mol. The lowest BCUT2D eigenvalue weighted by molar-refractivity contribution is 0.332. The zero-order valence-corrected chi connectivity index (χ0v) is 16.4. The van der Waals surface area contributed by atoms with Crippen molar-refractivity contribution in [1.29, 1.82) is 0 Å². The molecular weight excluding hydrogens is 366 g/mol. The van der Waals surface area contributed by atoms with Gasteiger partial charge in [-0.05, 0) is 43.5 Å². The SMILES string of the molecule is COc1cccc2c1nc(N)n1nc([C@H]3C[C@@H](c4ccc(C(C)N)cn4)C3)nc21. The van der Waals surface area contributed by atoms with Gasteiger partial charge in [0.05, 0.1) is 7.11 Å². The lowest BCUT2D eigenvalue weighted by Crippen LogP contribution is -2.22. The Balaban J connectivity index is 1.43. The summed E-state index contributed by atoms with van der Waals surface area (Å²) in [6.45, 7) is 1.96. The molecule has 3 heterocycles. The number of fused-ring (bicyclic) bond motifs is 3. The number of methoxy groups -OCH3 is 1. The van der Waals surface area contributed by atoms with Gasteiger partial charge in [-0.3, -0.25) is 4.98 Å². The van der Waals surface area contributed by atoms with Crippen LogP contribution >= 0.6 is 0 Å². The molecule has 1 unspecified atom stereocenters. The van der Waals surface area contributed by atoms with E-state index in [2.05, 4.69) is 27.2 Å². The maximum Gasteiger partial charge on any atom is 0.223 e. The number of pyridine rings is 1. The zero-order chi connectivity index (χ0) is 20.1. The molecule has 0 aliphatic heterocycles. The van der Waals surface area contributed by atoms with E-state index in [0.29, 0.717) is 28.8 Å². The number of para-hydroxylation sites is 1. The summed E-state index contributed by atoms with van der Waals surface area (Å²) in [6.07, 6.45) is 3.81. The van der Waals surface area contributed by atoms with Gasteiger partial charge in [0.1, 0.15) is 11.3 Å². The first-order valence-corrected chi connectivity index (χ1v) is 9.75. The van der Waals surface area contributed by atoms with E-state index < -0.39 is 0 Å². The van der Waals surface area contributed by atoms with Gasteiger partial charge in [-0.25, -0.2) is 9.97 Å². The molecule has 29 heavy (non-hydrogen) atoms. The Morgan fingerprint density at radius 3 is 2.66 bits per heavy atom. The van der Waals surface area contributed by atoms with E-state index in [4.69, 9.17) is 21.2 Å². The largest absolute Gasteiger partial charge is 0.494 e. The van der Waals surface area contributed by atoms with Crippen LogP contribution in [0.2, 0.25) is 0 Å². The summed E-state index contributed by atoms with van der Waals surface area (Å²) in [4.78, 5) is 13.9. The third-order valence-corrected chi connectivity index (χ3v) is 5.78. The molecule has 8 nitrogen and oxygen atoms in total. The van der Waals surface area contributed by atoms with E-state index >= 15 is 0 Å². The van der Waals surface area contributed by atoms with E-state index in [-0.39, 0.29) is 12.0 Å². The molecule has 0 amide bonds. The Bertz CT molecular complexity index is 1190. The third kappa shape index (κ3) is 2.87. The second kappa shape index (κ2) is 6.66. The van der Waals surface area contributed by atoms with Crippen molar-refractivity contribution in [3.8, 4) is 5.75 Å². The molecule has 4 aromatic rings. The van der Waals surface area contributed by atoms with Crippen molar-refractivity contribution >= 4 is 22.5 Å². The number of hydrogen-bond donors (Lipinski definition) is 2. The molecule has 8 heteroatoms. The van der Waals surface area contributed by atoms with Crippen LogP contribution in [0, 0.1) is 0 Å². The van der Waals surface area contributed by atoms with Gasteiger partial charge in [-0.2, -0.15) is 4.52 Å². The minimum absolute atomic E-state index is 0.000349. The predicted octanol–water partition coefficient (Wildman–Crippen LogP) is 2.94. The average Bonchev–Trinajstić information content (AvgIpc) is 3.13. The minimum Gasteiger partial charge on any atom is -0.494 e. The van der Waals surface area contributed by atoms with Crippen LogP contribution in [0.4, 0.5) is 5.95 Å². The second-order valence-corrected chi connectivity index (χ2v) is 7.70. The first-order chi connectivity index (χ1) is 14.0. The highest BCUT2D eigenvalue weighted by molar-refractivity contribution is 5.95. The van der Waals surface area contributed by atoms with Crippen LogP contribution in [0.15, 0.2) is 36.5 Å². The summed E-state index contributed by atoms with van der Waals surface area (Å²) in [5, 5.41) is 5.52. The van der Waals surface area contributed by atoms with E-state index in [9.17, 15) is 0 Å². The Kier molecular flexibility index (Phi) is 4.09. The Morgan fingerprint density at radius 1 is 1.14 bits per heavy atom. The van der Waals surface area contributed by atoms with Gasteiger partial charge in [0.25, 0.3) is 0 Å². The predicted molar refractivity (Wildman–Crippen MR) is 111 cm³/mol. The van der Waals surface area contributed by atoms with Gasteiger partial charge in [-0.1, -0.05) is 12.1 Å². The summed E-state index contributed by atoms with van der Waals surface area (Å²) in [7, 11) is 1.62. The molecule has 4 N–H and O–H groups in total. The Hall–Kier alpha value is -3.26. The average molecular weight is 389 g/mol. The fourth-order valence-corrected chi connectivity index (χ4v) is 3.98. The zero-order valence-electron chi connectivity index (χ0n) is 16.4. The number of nitrogen functional groups attached to an aromatic ring is 1. The molecule has 3 aromatic heterocycles. The molecule has 0 spiro atoms. The molecule has 0 bridgehead atoms. The molecule has 1 aliphatic rings. The molecule has 1 aromatic carbocycles. The molecule has 1 fully saturated rings. The van der Waals surface area contributed by atoms with Crippen LogP contribution in [0.1, 0.15) is 54.7 Å². The number of anilines is 1. The number of nitrogens with two attached hydrogens (primary N) is 2. The highest BCUT2D eigenvalue weighted by atomic mass is 16.5. The molecule has 1 aliphatic carbocycles. The fraction of sp³-hybridized carbons (Fsp3) is 0.333. The van der Waals surface area contributed by atoms with Crippen LogP contribution in [-0.4, -0.2) is 31.7 Å². The normalized spacial score (nSPS) is 20.0. The van der Waals surface area contributed by atoms with Crippen molar-refractivity contribution in [3.63, 3.8) is 0 Å².